The Kier molecular flexibility index (Phi) is 5.49. The number of benzene rings is 1. The summed E-state index contributed by atoms with van der Waals surface area (Å²) in [7, 11) is 0. The summed E-state index contributed by atoms with van der Waals surface area (Å²) in [6, 6.07) is 3.26. The first-order chi connectivity index (χ1) is 13.1. The number of carboxylic acid groups (broad SMARTS) is 1. The molecule has 1 unspecified atom stereocenters. The Balaban J connectivity index is 1.83. The monoisotopic (exact) mass is 430 g/mol. The van der Waals surface area contributed by atoms with E-state index in [-0.39, 0.29) is 12.3 Å². The molecule has 0 saturated heterocycles. The van der Waals surface area contributed by atoms with Gasteiger partial charge in [0.25, 0.3) is 0 Å². The standard InChI is InChI=1S/C18H14ClF3N2O3S/c1-8(16(25)26)12-7-28-14-4-11(3-13(19)15(12)14)27-6-10-5-23-17(18(20,21)22)24-9(10)2/h3-5,7-8H,6H2,1-2H3,(H,25,26). The van der Waals surface area contributed by atoms with Crippen LogP contribution in [-0.2, 0) is 17.6 Å². The van der Waals surface area contributed by atoms with Crippen LogP contribution in [0.25, 0.3) is 10.1 Å². The van der Waals surface area contributed by atoms with E-state index in [1.807, 2.05) is 0 Å². The number of fused-ring (bicyclic) bond motifs is 1. The van der Waals surface area contributed by atoms with Crippen molar-refractivity contribution in [2.24, 2.45) is 0 Å². The van der Waals surface area contributed by atoms with Crippen LogP contribution < -0.4 is 4.74 Å². The van der Waals surface area contributed by atoms with Crippen molar-refractivity contribution < 1.29 is 27.8 Å². The number of rotatable bonds is 5. The number of hydrogen-bond donors (Lipinski definition) is 1. The quantitative estimate of drug-likeness (QED) is 0.583. The van der Waals surface area contributed by atoms with Gasteiger partial charge in [0, 0.05) is 27.5 Å². The van der Waals surface area contributed by atoms with Crippen LogP contribution >= 0.6 is 22.9 Å². The fourth-order valence-corrected chi connectivity index (χ4v) is 4.06. The van der Waals surface area contributed by atoms with Gasteiger partial charge in [-0.05, 0) is 36.9 Å². The molecule has 2 heterocycles. The lowest BCUT2D eigenvalue weighted by atomic mass is 10.0. The van der Waals surface area contributed by atoms with Crippen LogP contribution in [0.15, 0.2) is 23.7 Å². The number of aryl methyl sites for hydroxylation is 1. The average molecular weight is 431 g/mol. The Labute approximate surface area is 166 Å². The summed E-state index contributed by atoms with van der Waals surface area (Å²) in [5.41, 5.74) is 1.20. The highest BCUT2D eigenvalue weighted by Crippen LogP contribution is 2.39. The molecule has 0 aliphatic rings. The summed E-state index contributed by atoms with van der Waals surface area (Å²) in [4.78, 5) is 18.1. The number of nitrogens with zero attached hydrogens (tertiary/aromatic N) is 2. The van der Waals surface area contributed by atoms with Gasteiger partial charge in [-0.15, -0.1) is 11.3 Å². The van der Waals surface area contributed by atoms with Crippen molar-refractivity contribution in [3.8, 4) is 5.75 Å². The second-order valence-electron chi connectivity index (χ2n) is 6.12. The highest BCUT2D eigenvalue weighted by Gasteiger charge is 2.34. The molecule has 0 radical (unpaired) electrons. The number of carbonyl (C=O) groups is 1. The van der Waals surface area contributed by atoms with Gasteiger partial charge in [-0.1, -0.05) is 11.6 Å². The van der Waals surface area contributed by atoms with E-state index in [0.29, 0.717) is 27.3 Å². The zero-order valence-corrected chi connectivity index (χ0v) is 16.2. The van der Waals surface area contributed by atoms with Crippen LogP contribution in [0.4, 0.5) is 13.2 Å². The van der Waals surface area contributed by atoms with E-state index in [1.165, 1.54) is 18.3 Å². The molecule has 0 saturated carbocycles. The third kappa shape index (κ3) is 4.05. The zero-order valence-electron chi connectivity index (χ0n) is 14.7. The predicted octanol–water partition coefficient (Wildman–Crippen LogP) is 5.44. The molecular formula is C18H14ClF3N2O3S. The van der Waals surface area contributed by atoms with Crippen molar-refractivity contribution in [2.75, 3.05) is 0 Å². The van der Waals surface area contributed by atoms with Gasteiger partial charge in [0.2, 0.25) is 5.82 Å². The first kappa shape index (κ1) is 20.3. The van der Waals surface area contributed by atoms with Gasteiger partial charge in [-0.3, -0.25) is 4.79 Å². The highest BCUT2D eigenvalue weighted by molar-refractivity contribution is 7.17. The van der Waals surface area contributed by atoms with Crippen molar-refractivity contribution in [3.63, 3.8) is 0 Å². The van der Waals surface area contributed by atoms with E-state index in [2.05, 4.69) is 9.97 Å². The second kappa shape index (κ2) is 7.56. The summed E-state index contributed by atoms with van der Waals surface area (Å²) in [5, 5.41) is 12.0. The SMILES string of the molecule is Cc1nc(C(F)(F)F)ncc1COc1cc(Cl)c2c(C(C)C(=O)O)csc2c1. The lowest BCUT2D eigenvalue weighted by Gasteiger charge is -2.11. The molecule has 28 heavy (non-hydrogen) atoms. The summed E-state index contributed by atoms with van der Waals surface area (Å²) < 4.78 is 44.3. The first-order valence-corrected chi connectivity index (χ1v) is 9.29. The maximum Gasteiger partial charge on any atom is 0.451 e. The minimum absolute atomic E-state index is 0.0322. The molecule has 3 aromatic rings. The molecule has 1 N–H and O–H groups in total. The summed E-state index contributed by atoms with van der Waals surface area (Å²) >= 11 is 7.67. The number of thiophene rings is 1. The Hall–Kier alpha value is -2.39. The Morgan fingerprint density at radius 2 is 2.11 bits per heavy atom. The Bertz CT molecular complexity index is 1050. The number of aliphatic carboxylic acids is 1. The van der Waals surface area contributed by atoms with Crippen LogP contribution in [0.5, 0.6) is 5.75 Å². The highest BCUT2D eigenvalue weighted by atomic mass is 35.5. The number of aromatic nitrogens is 2. The first-order valence-electron chi connectivity index (χ1n) is 8.04. The number of carboxylic acids is 1. The number of halogens is 4. The van der Waals surface area contributed by atoms with Crippen molar-refractivity contribution in [3.05, 3.63) is 51.4 Å². The van der Waals surface area contributed by atoms with Crippen molar-refractivity contribution in [1.82, 2.24) is 9.97 Å². The van der Waals surface area contributed by atoms with E-state index in [9.17, 15) is 23.1 Å². The number of hydrogen-bond acceptors (Lipinski definition) is 5. The normalized spacial score (nSPS) is 12.9. The van der Waals surface area contributed by atoms with Crippen molar-refractivity contribution in [2.45, 2.75) is 32.5 Å². The zero-order chi connectivity index (χ0) is 20.6. The molecule has 0 amide bonds. The molecule has 0 fully saturated rings. The maximum atomic E-state index is 12.6. The Morgan fingerprint density at radius 1 is 1.39 bits per heavy atom. The minimum Gasteiger partial charge on any atom is -0.489 e. The molecule has 0 aliphatic heterocycles. The van der Waals surface area contributed by atoms with E-state index in [0.717, 1.165) is 10.9 Å². The summed E-state index contributed by atoms with van der Waals surface area (Å²) in [5.74, 6) is -2.44. The molecule has 0 spiro atoms. The van der Waals surface area contributed by atoms with Crippen molar-refractivity contribution >= 4 is 39.0 Å². The van der Waals surface area contributed by atoms with Gasteiger partial charge in [0.15, 0.2) is 0 Å². The van der Waals surface area contributed by atoms with Gasteiger partial charge in [0.1, 0.15) is 12.4 Å². The molecule has 1 atom stereocenters. The van der Waals surface area contributed by atoms with Crippen LogP contribution in [0.2, 0.25) is 5.02 Å². The van der Waals surface area contributed by atoms with Crippen LogP contribution in [0.3, 0.4) is 0 Å². The van der Waals surface area contributed by atoms with E-state index in [4.69, 9.17) is 16.3 Å². The number of alkyl halides is 3. The summed E-state index contributed by atoms with van der Waals surface area (Å²) in [6.07, 6.45) is -3.52. The smallest absolute Gasteiger partial charge is 0.451 e. The van der Waals surface area contributed by atoms with Crippen LogP contribution in [-0.4, -0.2) is 21.0 Å². The topological polar surface area (TPSA) is 72.3 Å². The largest absolute Gasteiger partial charge is 0.489 e. The maximum absolute atomic E-state index is 12.6. The number of ether oxygens (including phenoxy) is 1. The molecule has 1 aromatic carbocycles. The average Bonchev–Trinajstić information content (AvgIpc) is 3.03. The fraction of sp³-hybridized carbons (Fsp3) is 0.278. The lowest BCUT2D eigenvalue weighted by molar-refractivity contribution is -0.145. The van der Waals surface area contributed by atoms with Crippen molar-refractivity contribution in [1.29, 1.82) is 0 Å². The summed E-state index contributed by atoms with van der Waals surface area (Å²) in [6.45, 7) is 3.00. The third-order valence-corrected chi connectivity index (χ3v) is 5.44. The molecule has 10 heteroatoms. The van der Waals surface area contributed by atoms with Crippen LogP contribution in [0, 0.1) is 6.92 Å². The van der Waals surface area contributed by atoms with Gasteiger partial charge in [-0.25, -0.2) is 9.97 Å². The molecule has 0 aliphatic carbocycles. The molecule has 148 valence electrons. The molecule has 5 nitrogen and oxygen atoms in total. The van der Waals surface area contributed by atoms with E-state index >= 15 is 0 Å². The van der Waals surface area contributed by atoms with Gasteiger partial charge < -0.3 is 9.84 Å². The van der Waals surface area contributed by atoms with Gasteiger partial charge in [0.05, 0.1) is 10.9 Å². The molecular weight excluding hydrogens is 417 g/mol. The van der Waals surface area contributed by atoms with Gasteiger partial charge in [-0.2, -0.15) is 13.2 Å². The van der Waals surface area contributed by atoms with Crippen LogP contribution in [0.1, 0.15) is 35.5 Å². The predicted molar refractivity (Wildman–Crippen MR) is 99.0 cm³/mol. The lowest BCUT2D eigenvalue weighted by Crippen LogP contribution is -2.13. The van der Waals surface area contributed by atoms with E-state index < -0.39 is 23.9 Å². The Morgan fingerprint density at radius 3 is 2.71 bits per heavy atom. The molecule has 3 rings (SSSR count). The molecule has 0 bridgehead atoms. The third-order valence-electron chi connectivity index (χ3n) is 4.19. The minimum atomic E-state index is -4.60. The molecule has 2 aromatic heterocycles. The van der Waals surface area contributed by atoms with Gasteiger partial charge >= 0.3 is 12.1 Å². The second-order valence-corrected chi connectivity index (χ2v) is 7.44. The fourth-order valence-electron chi connectivity index (χ4n) is 2.58. The van der Waals surface area contributed by atoms with E-state index in [1.54, 1.807) is 24.4 Å².